The molecule has 2 rings (SSSR count). The molecule has 0 aliphatic heterocycles. The summed E-state index contributed by atoms with van der Waals surface area (Å²) in [6.07, 6.45) is 12.7. The third-order valence-corrected chi connectivity index (χ3v) is 5.25. The van der Waals surface area contributed by atoms with E-state index in [0.29, 0.717) is 13.0 Å². The number of allylic oxidation sites excluding steroid dienone is 3. The van der Waals surface area contributed by atoms with Crippen LogP contribution in [0.25, 0.3) is 0 Å². The van der Waals surface area contributed by atoms with Crippen molar-refractivity contribution in [2.75, 3.05) is 13.2 Å². The minimum absolute atomic E-state index is 0.00360. The summed E-state index contributed by atoms with van der Waals surface area (Å²) in [5.41, 5.74) is 4.46. The molecule has 0 amide bonds. The van der Waals surface area contributed by atoms with Crippen LogP contribution in [0.3, 0.4) is 0 Å². The van der Waals surface area contributed by atoms with Crippen molar-refractivity contribution in [2.24, 2.45) is 5.92 Å². The fraction of sp³-hybridized carbons (Fsp3) is 0.542. The zero-order chi connectivity index (χ0) is 20.4. The number of ether oxygens (including phenoxy) is 1. The Kier molecular flexibility index (Phi) is 9.29. The van der Waals surface area contributed by atoms with Crippen LogP contribution in [0.15, 0.2) is 52.2 Å². The Balaban J connectivity index is 2.15. The molecule has 28 heavy (non-hydrogen) atoms. The second-order valence-electron chi connectivity index (χ2n) is 7.75. The Hall–Kier alpha value is -2.07. The number of aliphatic hydroxyl groups excluding tert-OH is 1. The third kappa shape index (κ3) is 7.51. The van der Waals surface area contributed by atoms with Crippen LogP contribution < -0.4 is 0 Å². The predicted molar refractivity (Wildman–Crippen MR) is 112 cm³/mol. The maximum absolute atomic E-state index is 11.8. The van der Waals surface area contributed by atoms with Gasteiger partial charge in [0.2, 0.25) is 0 Å². The molecule has 1 aliphatic carbocycles. The highest BCUT2D eigenvalue weighted by Gasteiger charge is 2.14. The maximum atomic E-state index is 11.8. The van der Waals surface area contributed by atoms with Gasteiger partial charge in [-0.05, 0) is 74.1 Å². The van der Waals surface area contributed by atoms with Gasteiger partial charge in [-0.2, -0.15) is 0 Å². The number of esters is 1. The normalized spacial score (nSPS) is 18.6. The second-order valence-corrected chi connectivity index (χ2v) is 7.75. The fourth-order valence-corrected chi connectivity index (χ4v) is 3.44. The minimum Gasteiger partial charge on any atom is -0.469 e. The molecule has 0 radical (unpaired) electrons. The lowest BCUT2D eigenvalue weighted by Gasteiger charge is -2.18. The van der Waals surface area contributed by atoms with Crippen molar-refractivity contribution in [1.29, 1.82) is 0 Å². The first-order valence-corrected chi connectivity index (χ1v) is 10.4. The zero-order valence-electron chi connectivity index (χ0n) is 17.3. The molecule has 1 atom stereocenters. The molecule has 1 N–H and O–H groups in total. The number of aliphatic hydroxyl groups is 1. The second kappa shape index (κ2) is 11.7. The van der Waals surface area contributed by atoms with E-state index in [0.717, 1.165) is 61.9 Å². The number of hydrogen-bond acceptors (Lipinski definition) is 4. The molecular weight excluding hydrogens is 352 g/mol. The fourth-order valence-electron chi connectivity index (χ4n) is 3.44. The molecule has 1 aromatic heterocycles. The van der Waals surface area contributed by atoms with Crippen LogP contribution >= 0.6 is 0 Å². The van der Waals surface area contributed by atoms with Gasteiger partial charge in [-0.25, -0.2) is 0 Å². The summed E-state index contributed by atoms with van der Waals surface area (Å²) in [5, 5.41) is 9.57. The van der Waals surface area contributed by atoms with Gasteiger partial charge in [0.15, 0.2) is 0 Å². The number of hydrogen-bond donors (Lipinski definition) is 1. The van der Waals surface area contributed by atoms with Crippen molar-refractivity contribution in [1.82, 2.24) is 0 Å². The average molecular weight is 387 g/mol. The highest BCUT2D eigenvalue weighted by molar-refractivity contribution is 5.69. The maximum Gasteiger partial charge on any atom is 0.306 e. The Labute approximate surface area is 169 Å². The van der Waals surface area contributed by atoms with E-state index in [2.05, 4.69) is 31.7 Å². The van der Waals surface area contributed by atoms with Crippen molar-refractivity contribution in [3.8, 4) is 0 Å². The van der Waals surface area contributed by atoms with Gasteiger partial charge >= 0.3 is 5.97 Å². The molecule has 4 heteroatoms. The van der Waals surface area contributed by atoms with Crippen LogP contribution in [0, 0.1) is 5.92 Å². The summed E-state index contributed by atoms with van der Waals surface area (Å²) < 4.78 is 11.2. The highest BCUT2D eigenvalue weighted by Crippen LogP contribution is 2.25. The first-order chi connectivity index (χ1) is 13.5. The predicted octanol–water partition coefficient (Wildman–Crippen LogP) is 5.32. The summed E-state index contributed by atoms with van der Waals surface area (Å²) in [5.74, 6) is 1.05. The number of carbonyl (C=O) groups is 1. The van der Waals surface area contributed by atoms with Gasteiger partial charge in [0.05, 0.1) is 12.9 Å². The molecule has 0 saturated carbocycles. The first-order valence-electron chi connectivity index (χ1n) is 10.4. The lowest BCUT2D eigenvalue weighted by molar-refractivity contribution is -0.142. The van der Waals surface area contributed by atoms with Crippen molar-refractivity contribution >= 4 is 5.97 Å². The van der Waals surface area contributed by atoms with Gasteiger partial charge in [-0.3, -0.25) is 4.79 Å². The Morgan fingerprint density at radius 1 is 1.36 bits per heavy atom. The number of carbonyl (C=O) groups excluding carboxylic acids is 1. The standard InChI is InChI=1S/C24H34O4/c1-4-6-24(26)28-16-20-7-5-8-21-14-23(27-17-21)13-18(2)9-11-22(12-10-20)19(3)15-25/h7,9,14,17,22,25H,3-6,8,10-13,15-16H2,1-2H3/t22-/m0/s1. The van der Waals surface area contributed by atoms with Gasteiger partial charge in [-0.1, -0.05) is 31.2 Å². The van der Waals surface area contributed by atoms with E-state index in [-0.39, 0.29) is 18.5 Å². The molecule has 0 aromatic carbocycles. The summed E-state index contributed by atoms with van der Waals surface area (Å²) in [6.45, 7) is 8.50. The monoisotopic (exact) mass is 386 g/mol. The Morgan fingerprint density at radius 3 is 2.93 bits per heavy atom. The molecule has 1 heterocycles. The lowest BCUT2D eigenvalue weighted by Crippen LogP contribution is -2.11. The van der Waals surface area contributed by atoms with Gasteiger partial charge in [-0.15, -0.1) is 0 Å². The lowest BCUT2D eigenvalue weighted by atomic mass is 9.89. The third-order valence-electron chi connectivity index (χ3n) is 5.25. The minimum atomic E-state index is -0.142. The zero-order valence-corrected chi connectivity index (χ0v) is 17.3. The molecule has 154 valence electrons. The first kappa shape index (κ1) is 22.2. The van der Waals surface area contributed by atoms with E-state index in [1.54, 1.807) is 0 Å². The van der Waals surface area contributed by atoms with Crippen LogP contribution in [0.4, 0.5) is 0 Å². The highest BCUT2D eigenvalue weighted by atomic mass is 16.5. The molecule has 0 fully saturated rings. The SMILES string of the molecule is C=C(CO)[C@H]1CC=C(C)Cc2cc(co2)CCC=C(COC(=O)CCC)CC1. The van der Waals surface area contributed by atoms with Gasteiger partial charge in [0.1, 0.15) is 12.4 Å². The number of rotatable bonds is 6. The molecule has 0 saturated heterocycles. The largest absolute Gasteiger partial charge is 0.469 e. The van der Waals surface area contributed by atoms with Crippen LogP contribution in [0.5, 0.6) is 0 Å². The molecule has 1 aliphatic rings. The average Bonchev–Trinajstić information content (AvgIpc) is 3.11. The van der Waals surface area contributed by atoms with Crippen LogP contribution in [-0.2, 0) is 22.4 Å². The van der Waals surface area contributed by atoms with Crippen LogP contribution in [0.2, 0.25) is 0 Å². The van der Waals surface area contributed by atoms with Crippen molar-refractivity contribution in [3.05, 3.63) is 59.1 Å². The quantitative estimate of drug-likeness (QED) is 0.531. The van der Waals surface area contributed by atoms with Gasteiger partial charge < -0.3 is 14.3 Å². The van der Waals surface area contributed by atoms with E-state index in [9.17, 15) is 9.90 Å². The molecule has 1 aromatic rings. The van der Waals surface area contributed by atoms with E-state index >= 15 is 0 Å². The van der Waals surface area contributed by atoms with Crippen LogP contribution in [-0.4, -0.2) is 24.3 Å². The summed E-state index contributed by atoms with van der Waals surface area (Å²) in [6, 6.07) is 2.13. The molecular formula is C24H34O4. The Morgan fingerprint density at radius 2 is 2.18 bits per heavy atom. The Bertz CT molecular complexity index is 708. The number of fused-ring (bicyclic) bond motifs is 2. The van der Waals surface area contributed by atoms with E-state index in [4.69, 9.17) is 9.15 Å². The number of aryl methyl sites for hydroxylation is 1. The summed E-state index contributed by atoms with van der Waals surface area (Å²) in [4.78, 5) is 11.8. The number of furan rings is 1. The van der Waals surface area contributed by atoms with Gasteiger partial charge in [0.25, 0.3) is 0 Å². The topological polar surface area (TPSA) is 59.7 Å². The smallest absolute Gasteiger partial charge is 0.306 e. The van der Waals surface area contributed by atoms with Crippen molar-refractivity contribution < 1.29 is 19.1 Å². The van der Waals surface area contributed by atoms with Crippen LogP contribution in [0.1, 0.15) is 63.7 Å². The van der Waals surface area contributed by atoms with Crippen molar-refractivity contribution in [3.63, 3.8) is 0 Å². The molecule has 0 unspecified atom stereocenters. The molecule has 2 bridgehead atoms. The van der Waals surface area contributed by atoms with E-state index < -0.39 is 0 Å². The van der Waals surface area contributed by atoms with Crippen molar-refractivity contribution in [2.45, 2.75) is 65.2 Å². The van der Waals surface area contributed by atoms with E-state index in [1.165, 1.54) is 11.1 Å². The molecule has 4 nitrogen and oxygen atoms in total. The van der Waals surface area contributed by atoms with E-state index in [1.807, 2.05) is 13.2 Å². The summed E-state index contributed by atoms with van der Waals surface area (Å²) in [7, 11) is 0. The summed E-state index contributed by atoms with van der Waals surface area (Å²) >= 11 is 0. The van der Waals surface area contributed by atoms with Gasteiger partial charge in [0, 0.05) is 12.8 Å². The molecule has 0 spiro atoms.